The number of carbonyl (C=O) groups is 2. The van der Waals surface area contributed by atoms with Crippen LogP contribution in [0.15, 0.2) is 0 Å². The minimum Gasteiger partial charge on any atom is -0.342 e. The normalized spacial score (nSPS) is 28.3. The average Bonchev–Trinajstić information content (AvgIpc) is 3.15. The van der Waals surface area contributed by atoms with Gasteiger partial charge in [0, 0.05) is 32.1 Å². The van der Waals surface area contributed by atoms with E-state index in [0.717, 1.165) is 38.8 Å². The lowest BCUT2D eigenvalue weighted by atomic mass is 10.0. The molecular weight excluding hydrogens is 266 g/mol. The van der Waals surface area contributed by atoms with E-state index in [4.69, 9.17) is 0 Å². The van der Waals surface area contributed by atoms with Gasteiger partial charge in [-0.25, -0.2) is 0 Å². The van der Waals surface area contributed by atoms with Crippen molar-refractivity contribution in [2.45, 2.75) is 57.0 Å². The van der Waals surface area contributed by atoms with Crippen LogP contribution in [0, 0.1) is 5.92 Å². The van der Waals surface area contributed by atoms with E-state index < -0.39 is 0 Å². The number of likely N-dealkylation sites (tertiary alicyclic amines) is 1. The molecule has 0 aromatic carbocycles. The number of carbonyl (C=O) groups excluding carboxylic acids is 2. The van der Waals surface area contributed by atoms with Crippen molar-refractivity contribution in [2.75, 3.05) is 26.7 Å². The van der Waals surface area contributed by atoms with Gasteiger partial charge in [0.15, 0.2) is 0 Å². The molecule has 0 aromatic rings. The van der Waals surface area contributed by atoms with Crippen molar-refractivity contribution in [1.29, 1.82) is 0 Å². The van der Waals surface area contributed by atoms with E-state index in [1.54, 1.807) is 0 Å². The maximum atomic E-state index is 12.7. The molecule has 0 bridgehead atoms. The highest BCUT2D eigenvalue weighted by Gasteiger charge is 2.40. The van der Waals surface area contributed by atoms with Crippen molar-refractivity contribution in [3.63, 3.8) is 0 Å². The summed E-state index contributed by atoms with van der Waals surface area (Å²) in [6, 6.07) is 0.744. The van der Waals surface area contributed by atoms with Gasteiger partial charge in [-0.1, -0.05) is 12.8 Å². The minimum atomic E-state index is -0.113. The summed E-state index contributed by atoms with van der Waals surface area (Å²) >= 11 is 0. The molecule has 118 valence electrons. The van der Waals surface area contributed by atoms with Gasteiger partial charge in [0.1, 0.15) is 0 Å². The summed E-state index contributed by atoms with van der Waals surface area (Å²) in [5.41, 5.74) is 0. The van der Waals surface area contributed by atoms with Crippen molar-refractivity contribution in [3.05, 3.63) is 0 Å². The summed E-state index contributed by atoms with van der Waals surface area (Å²) in [4.78, 5) is 28.8. The molecule has 1 N–H and O–H groups in total. The summed E-state index contributed by atoms with van der Waals surface area (Å²) in [5, 5.41) is 3.33. The molecule has 5 nitrogen and oxygen atoms in total. The fourth-order valence-electron chi connectivity index (χ4n) is 4.13. The van der Waals surface area contributed by atoms with Gasteiger partial charge in [0.05, 0.1) is 5.92 Å². The van der Waals surface area contributed by atoms with E-state index in [0.29, 0.717) is 25.0 Å². The van der Waals surface area contributed by atoms with Crippen molar-refractivity contribution in [3.8, 4) is 0 Å². The van der Waals surface area contributed by atoms with Crippen molar-refractivity contribution in [1.82, 2.24) is 15.1 Å². The van der Waals surface area contributed by atoms with E-state index in [9.17, 15) is 9.59 Å². The molecule has 2 amide bonds. The van der Waals surface area contributed by atoms with Crippen molar-refractivity contribution >= 4 is 11.8 Å². The van der Waals surface area contributed by atoms with Crippen molar-refractivity contribution < 1.29 is 9.59 Å². The number of nitrogens with zero attached hydrogens (tertiary/aromatic N) is 2. The third-order valence-corrected chi connectivity index (χ3v) is 5.48. The van der Waals surface area contributed by atoms with Crippen molar-refractivity contribution in [2.24, 2.45) is 5.92 Å². The van der Waals surface area contributed by atoms with Gasteiger partial charge in [-0.15, -0.1) is 0 Å². The molecule has 2 heterocycles. The number of nitrogens with one attached hydrogen (secondary N) is 1. The topological polar surface area (TPSA) is 52.7 Å². The molecule has 1 unspecified atom stereocenters. The highest BCUT2D eigenvalue weighted by Crippen LogP contribution is 2.30. The number of amides is 2. The van der Waals surface area contributed by atoms with Crippen LogP contribution in [-0.2, 0) is 9.59 Å². The number of hydrogen-bond donors (Lipinski definition) is 1. The molecule has 0 aromatic heterocycles. The highest BCUT2D eigenvalue weighted by molar-refractivity contribution is 5.89. The Kier molecular flexibility index (Phi) is 4.48. The lowest BCUT2D eigenvalue weighted by Gasteiger charge is -2.33. The van der Waals surface area contributed by atoms with Crippen LogP contribution >= 0.6 is 0 Å². The average molecular weight is 293 g/mol. The van der Waals surface area contributed by atoms with Gasteiger partial charge in [0.2, 0.25) is 11.8 Å². The molecule has 0 spiro atoms. The molecule has 1 atom stereocenters. The smallest absolute Gasteiger partial charge is 0.227 e. The summed E-state index contributed by atoms with van der Waals surface area (Å²) in [5.74, 6) is 0.257. The summed E-state index contributed by atoms with van der Waals surface area (Å²) < 4.78 is 0. The maximum absolute atomic E-state index is 12.7. The standard InChI is InChI=1S/C16H27N3O2/c1-18(13-6-8-17-9-7-13)16(21)12-10-15(20)19(11-12)14-4-2-3-5-14/h12-14,17H,2-11H2,1H3. The quantitative estimate of drug-likeness (QED) is 0.844. The molecule has 0 radical (unpaired) electrons. The van der Waals surface area contributed by atoms with Crippen LogP contribution in [-0.4, -0.2) is 60.4 Å². The SMILES string of the molecule is CN(C(=O)C1CC(=O)N(C2CCCC2)C1)C1CCNCC1. The largest absolute Gasteiger partial charge is 0.342 e. The fourth-order valence-corrected chi connectivity index (χ4v) is 4.13. The molecule has 2 saturated heterocycles. The fraction of sp³-hybridized carbons (Fsp3) is 0.875. The van der Waals surface area contributed by atoms with Gasteiger partial charge < -0.3 is 15.1 Å². The first-order valence-electron chi connectivity index (χ1n) is 8.43. The van der Waals surface area contributed by atoms with Crippen LogP contribution < -0.4 is 5.32 Å². The van der Waals surface area contributed by atoms with Crippen LogP contribution in [0.3, 0.4) is 0 Å². The van der Waals surface area contributed by atoms with Gasteiger partial charge in [-0.3, -0.25) is 9.59 Å². The number of piperidine rings is 1. The third-order valence-electron chi connectivity index (χ3n) is 5.48. The molecule has 5 heteroatoms. The van der Waals surface area contributed by atoms with Gasteiger partial charge in [-0.2, -0.15) is 0 Å². The van der Waals surface area contributed by atoms with Crippen LogP contribution in [0.25, 0.3) is 0 Å². The molecule has 1 aliphatic carbocycles. The Balaban J connectivity index is 1.58. The Morgan fingerprint density at radius 2 is 1.86 bits per heavy atom. The van der Waals surface area contributed by atoms with E-state index >= 15 is 0 Å². The Labute approximate surface area is 127 Å². The van der Waals surface area contributed by atoms with E-state index in [1.165, 1.54) is 12.8 Å². The predicted molar refractivity (Wildman–Crippen MR) is 80.7 cm³/mol. The van der Waals surface area contributed by atoms with Crippen LogP contribution in [0.5, 0.6) is 0 Å². The number of hydrogen-bond acceptors (Lipinski definition) is 3. The maximum Gasteiger partial charge on any atom is 0.227 e. The minimum absolute atomic E-state index is 0.113. The number of rotatable bonds is 3. The zero-order valence-corrected chi connectivity index (χ0v) is 13.0. The Morgan fingerprint density at radius 1 is 1.19 bits per heavy atom. The Bertz CT molecular complexity index is 400. The Hall–Kier alpha value is -1.10. The molecule has 1 saturated carbocycles. The highest BCUT2D eigenvalue weighted by atomic mass is 16.2. The second kappa shape index (κ2) is 6.34. The Morgan fingerprint density at radius 3 is 2.52 bits per heavy atom. The first-order valence-corrected chi connectivity index (χ1v) is 8.43. The van der Waals surface area contributed by atoms with Gasteiger partial charge in [0.25, 0.3) is 0 Å². The molecule has 2 aliphatic heterocycles. The van der Waals surface area contributed by atoms with Gasteiger partial charge in [-0.05, 0) is 38.8 Å². The third kappa shape index (κ3) is 3.07. The predicted octanol–water partition coefficient (Wildman–Crippen LogP) is 0.988. The van der Waals surface area contributed by atoms with Crippen LogP contribution in [0.1, 0.15) is 44.9 Å². The summed E-state index contributed by atoms with van der Waals surface area (Å²) in [7, 11) is 1.92. The van der Waals surface area contributed by atoms with E-state index in [2.05, 4.69) is 5.32 Å². The molecule has 3 fully saturated rings. The first-order chi connectivity index (χ1) is 10.2. The second-order valence-electron chi connectivity index (χ2n) is 6.82. The molecule has 3 aliphatic rings. The lowest BCUT2D eigenvalue weighted by molar-refractivity contribution is -0.137. The summed E-state index contributed by atoms with van der Waals surface area (Å²) in [6.07, 6.45) is 7.16. The van der Waals surface area contributed by atoms with Gasteiger partial charge >= 0.3 is 0 Å². The zero-order chi connectivity index (χ0) is 14.8. The summed E-state index contributed by atoms with van der Waals surface area (Å²) in [6.45, 7) is 2.62. The monoisotopic (exact) mass is 293 g/mol. The van der Waals surface area contributed by atoms with Crippen LogP contribution in [0.4, 0.5) is 0 Å². The first kappa shape index (κ1) is 14.8. The lowest BCUT2D eigenvalue weighted by Crippen LogP contribution is -2.46. The molecular formula is C16H27N3O2. The second-order valence-corrected chi connectivity index (χ2v) is 6.82. The van der Waals surface area contributed by atoms with E-state index in [-0.39, 0.29) is 17.7 Å². The van der Waals surface area contributed by atoms with E-state index in [1.807, 2.05) is 16.8 Å². The molecule has 3 rings (SSSR count). The molecule has 21 heavy (non-hydrogen) atoms. The van der Waals surface area contributed by atoms with Crippen LogP contribution in [0.2, 0.25) is 0 Å². The zero-order valence-electron chi connectivity index (χ0n) is 13.0.